The van der Waals surface area contributed by atoms with Crippen molar-refractivity contribution >= 4 is 17.3 Å². The average Bonchev–Trinajstić information content (AvgIpc) is 2.35. The van der Waals surface area contributed by atoms with Crippen molar-refractivity contribution in [1.82, 2.24) is 0 Å². The van der Waals surface area contributed by atoms with Gasteiger partial charge >= 0.3 is 0 Å². The first kappa shape index (κ1) is 12.1. The molecule has 0 aliphatic heterocycles. The predicted octanol–water partition coefficient (Wildman–Crippen LogP) is 2.59. The molecule has 0 spiro atoms. The van der Waals surface area contributed by atoms with Gasteiger partial charge in [-0.3, -0.25) is 4.79 Å². The molecule has 0 aliphatic carbocycles. The number of para-hydroxylation sites is 2. The maximum Gasteiger partial charge on any atom is 0.228 e. The topological polar surface area (TPSA) is 55.1 Å². The number of carbonyl (C=O) groups is 1. The largest absolute Gasteiger partial charge is 0.397 e. The van der Waals surface area contributed by atoms with Crippen molar-refractivity contribution in [1.29, 1.82) is 0 Å². The highest BCUT2D eigenvalue weighted by Crippen LogP contribution is 2.17. The third-order valence-corrected chi connectivity index (χ3v) is 2.54. The molecule has 92 valence electrons. The van der Waals surface area contributed by atoms with Crippen LogP contribution >= 0.6 is 0 Å². The van der Waals surface area contributed by atoms with Crippen molar-refractivity contribution in [2.45, 2.75) is 6.42 Å². The number of hydrogen-bond acceptors (Lipinski definition) is 2. The Morgan fingerprint density at radius 1 is 1.11 bits per heavy atom. The number of anilines is 2. The van der Waals surface area contributed by atoms with Crippen molar-refractivity contribution in [3.05, 3.63) is 59.9 Å². The van der Waals surface area contributed by atoms with E-state index in [4.69, 9.17) is 5.73 Å². The summed E-state index contributed by atoms with van der Waals surface area (Å²) >= 11 is 0. The molecule has 1 amide bonds. The second kappa shape index (κ2) is 5.31. The standard InChI is InChI=1S/C14H13FN2O/c15-11-6-2-1-5-10(11)9-14(18)17-13-8-4-3-7-12(13)16/h1-8H,9,16H2,(H,17,18). The number of nitrogen functional groups attached to an aromatic ring is 1. The number of carbonyl (C=O) groups excluding carboxylic acids is 1. The Kier molecular flexibility index (Phi) is 3.57. The number of nitrogens with one attached hydrogen (secondary N) is 1. The quantitative estimate of drug-likeness (QED) is 0.815. The zero-order valence-corrected chi connectivity index (χ0v) is 9.69. The number of amides is 1. The zero-order chi connectivity index (χ0) is 13.0. The first-order chi connectivity index (χ1) is 8.66. The van der Waals surface area contributed by atoms with E-state index >= 15 is 0 Å². The van der Waals surface area contributed by atoms with Gasteiger partial charge in [0.25, 0.3) is 0 Å². The van der Waals surface area contributed by atoms with Gasteiger partial charge in [-0.2, -0.15) is 0 Å². The molecule has 2 aromatic rings. The fraction of sp³-hybridized carbons (Fsp3) is 0.0714. The van der Waals surface area contributed by atoms with Gasteiger partial charge in [-0.05, 0) is 23.8 Å². The molecule has 0 saturated heterocycles. The minimum Gasteiger partial charge on any atom is -0.397 e. The molecular formula is C14H13FN2O. The molecule has 3 nitrogen and oxygen atoms in total. The number of hydrogen-bond donors (Lipinski definition) is 2. The third-order valence-electron chi connectivity index (χ3n) is 2.54. The maximum atomic E-state index is 13.4. The van der Waals surface area contributed by atoms with Crippen molar-refractivity contribution in [2.24, 2.45) is 0 Å². The lowest BCUT2D eigenvalue weighted by molar-refractivity contribution is -0.115. The molecule has 0 aliphatic rings. The Bertz CT molecular complexity index is 520. The highest BCUT2D eigenvalue weighted by atomic mass is 19.1. The summed E-state index contributed by atoms with van der Waals surface area (Å²) in [6.07, 6.45) is -0.0129. The zero-order valence-electron chi connectivity index (χ0n) is 9.69. The summed E-state index contributed by atoms with van der Waals surface area (Å²) in [4.78, 5) is 11.8. The molecule has 4 heteroatoms. The van der Waals surface area contributed by atoms with E-state index in [1.807, 2.05) is 0 Å². The smallest absolute Gasteiger partial charge is 0.228 e. The van der Waals surface area contributed by atoms with E-state index in [0.717, 1.165) is 0 Å². The van der Waals surface area contributed by atoms with Crippen molar-refractivity contribution < 1.29 is 9.18 Å². The van der Waals surface area contributed by atoms with Gasteiger partial charge < -0.3 is 11.1 Å². The SMILES string of the molecule is Nc1ccccc1NC(=O)Cc1ccccc1F. The van der Waals surface area contributed by atoms with Crippen LogP contribution in [0.25, 0.3) is 0 Å². The fourth-order valence-corrected chi connectivity index (χ4v) is 1.62. The van der Waals surface area contributed by atoms with Gasteiger partial charge in [-0.1, -0.05) is 30.3 Å². The summed E-state index contributed by atoms with van der Waals surface area (Å²) in [5.41, 5.74) is 7.09. The van der Waals surface area contributed by atoms with Crippen LogP contribution in [-0.2, 0) is 11.2 Å². The molecule has 2 rings (SSSR count). The van der Waals surface area contributed by atoms with Gasteiger partial charge in [0.1, 0.15) is 5.82 Å². The minimum absolute atomic E-state index is 0.0129. The monoisotopic (exact) mass is 244 g/mol. The van der Waals surface area contributed by atoms with E-state index in [1.165, 1.54) is 6.07 Å². The van der Waals surface area contributed by atoms with Crippen LogP contribution in [0.3, 0.4) is 0 Å². The fourth-order valence-electron chi connectivity index (χ4n) is 1.62. The third kappa shape index (κ3) is 2.85. The summed E-state index contributed by atoms with van der Waals surface area (Å²) in [6, 6.07) is 13.2. The van der Waals surface area contributed by atoms with Gasteiger partial charge in [-0.25, -0.2) is 4.39 Å². The molecule has 3 N–H and O–H groups in total. The summed E-state index contributed by atoms with van der Waals surface area (Å²) in [6.45, 7) is 0. The van der Waals surface area contributed by atoms with Crippen molar-refractivity contribution in [3.8, 4) is 0 Å². The molecule has 18 heavy (non-hydrogen) atoms. The molecular weight excluding hydrogens is 231 g/mol. The second-order valence-corrected chi connectivity index (χ2v) is 3.90. The predicted molar refractivity (Wildman–Crippen MR) is 69.6 cm³/mol. The van der Waals surface area contributed by atoms with Crippen LogP contribution in [0.5, 0.6) is 0 Å². The Morgan fingerprint density at radius 2 is 1.78 bits per heavy atom. The number of rotatable bonds is 3. The lowest BCUT2D eigenvalue weighted by Crippen LogP contribution is -2.16. The van der Waals surface area contributed by atoms with E-state index < -0.39 is 0 Å². The van der Waals surface area contributed by atoms with Crippen LogP contribution in [0.4, 0.5) is 15.8 Å². The van der Waals surface area contributed by atoms with E-state index in [2.05, 4.69) is 5.32 Å². The Morgan fingerprint density at radius 3 is 2.50 bits per heavy atom. The molecule has 0 bridgehead atoms. The van der Waals surface area contributed by atoms with Gasteiger partial charge in [0, 0.05) is 0 Å². The van der Waals surface area contributed by atoms with Crippen molar-refractivity contribution in [3.63, 3.8) is 0 Å². The molecule has 0 saturated carbocycles. The van der Waals surface area contributed by atoms with Crippen LogP contribution in [0.15, 0.2) is 48.5 Å². The van der Waals surface area contributed by atoms with E-state index in [-0.39, 0.29) is 18.1 Å². The number of benzene rings is 2. The number of halogens is 1. The van der Waals surface area contributed by atoms with Gasteiger partial charge in [0.2, 0.25) is 5.91 Å². The van der Waals surface area contributed by atoms with Crippen LogP contribution in [-0.4, -0.2) is 5.91 Å². The molecule has 2 aromatic carbocycles. The summed E-state index contributed by atoms with van der Waals surface area (Å²) in [7, 11) is 0. The first-order valence-corrected chi connectivity index (χ1v) is 5.54. The normalized spacial score (nSPS) is 10.1. The van der Waals surface area contributed by atoms with E-state index in [9.17, 15) is 9.18 Å². The second-order valence-electron chi connectivity index (χ2n) is 3.90. The molecule has 0 atom stereocenters. The van der Waals surface area contributed by atoms with Gasteiger partial charge in [0.05, 0.1) is 17.8 Å². The van der Waals surface area contributed by atoms with Crippen molar-refractivity contribution in [2.75, 3.05) is 11.1 Å². The van der Waals surface area contributed by atoms with E-state index in [1.54, 1.807) is 42.5 Å². The average molecular weight is 244 g/mol. The summed E-state index contributed by atoms with van der Waals surface area (Å²) in [5.74, 6) is -0.674. The van der Waals surface area contributed by atoms with Gasteiger partial charge in [-0.15, -0.1) is 0 Å². The maximum absolute atomic E-state index is 13.4. The van der Waals surface area contributed by atoms with Crippen LogP contribution < -0.4 is 11.1 Å². The van der Waals surface area contributed by atoms with E-state index in [0.29, 0.717) is 16.9 Å². The first-order valence-electron chi connectivity index (χ1n) is 5.54. The molecule has 0 fully saturated rings. The highest BCUT2D eigenvalue weighted by molar-refractivity contribution is 5.95. The molecule has 0 unspecified atom stereocenters. The lowest BCUT2D eigenvalue weighted by Gasteiger charge is -2.08. The van der Waals surface area contributed by atoms with Gasteiger partial charge in [0.15, 0.2) is 0 Å². The minimum atomic E-state index is -0.381. The number of nitrogens with two attached hydrogens (primary N) is 1. The van der Waals surface area contributed by atoms with Crippen LogP contribution in [0.2, 0.25) is 0 Å². The van der Waals surface area contributed by atoms with Crippen LogP contribution in [0, 0.1) is 5.82 Å². The highest BCUT2D eigenvalue weighted by Gasteiger charge is 2.08. The lowest BCUT2D eigenvalue weighted by atomic mass is 10.1. The molecule has 0 aromatic heterocycles. The molecule has 0 radical (unpaired) electrons. The Balaban J connectivity index is 2.06. The summed E-state index contributed by atoms with van der Waals surface area (Å²) < 4.78 is 13.4. The Hall–Kier alpha value is -2.36. The molecule has 0 heterocycles. The Labute approximate surface area is 104 Å². The summed E-state index contributed by atoms with van der Waals surface area (Å²) in [5, 5.41) is 2.66. The van der Waals surface area contributed by atoms with Crippen LogP contribution in [0.1, 0.15) is 5.56 Å².